The summed E-state index contributed by atoms with van der Waals surface area (Å²) >= 11 is 6.24. The van der Waals surface area contributed by atoms with Gasteiger partial charge in [0.1, 0.15) is 22.0 Å². The number of amides is 1. The maximum absolute atomic E-state index is 14.2. The molecular formula is C51H59ClF3N7O8S3. The number of sulfone groups is 1. The summed E-state index contributed by atoms with van der Waals surface area (Å²) in [5.74, 6) is -0.286. The van der Waals surface area contributed by atoms with Gasteiger partial charge in [-0.05, 0) is 122 Å². The van der Waals surface area contributed by atoms with E-state index in [-0.39, 0.29) is 41.0 Å². The Hall–Kier alpha value is -5.19. The van der Waals surface area contributed by atoms with Gasteiger partial charge in [0, 0.05) is 67.6 Å². The van der Waals surface area contributed by atoms with Crippen LogP contribution >= 0.6 is 11.6 Å². The zero-order chi connectivity index (χ0) is 51.8. The van der Waals surface area contributed by atoms with Crippen LogP contribution in [-0.4, -0.2) is 117 Å². The number of rotatable bonds is 14. The number of pyridine rings is 1. The van der Waals surface area contributed by atoms with Crippen molar-refractivity contribution in [3.63, 3.8) is 0 Å². The summed E-state index contributed by atoms with van der Waals surface area (Å²) in [5.41, 5.74) is -1.02. The van der Waals surface area contributed by atoms with E-state index in [4.69, 9.17) is 21.1 Å². The van der Waals surface area contributed by atoms with Gasteiger partial charge in [0.15, 0.2) is 0 Å². The third-order valence-corrected chi connectivity index (χ3v) is 19.7. The smallest absolute Gasteiger partial charge is 0.455 e. The molecule has 4 heterocycles. The number of carbonyl (C=O) groups excluding carboxylic acids is 1. The minimum atomic E-state index is -6.09. The molecule has 3 aromatic carbocycles. The molecule has 73 heavy (non-hydrogen) atoms. The molecule has 0 spiro atoms. The molecular weight excluding hydrogens is 1030 g/mol. The molecule has 3 fully saturated rings. The molecule has 22 heteroatoms. The molecule has 2 aliphatic carbocycles. The average molecular weight is 1090 g/mol. The molecule has 3 N–H and O–H groups in total. The van der Waals surface area contributed by atoms with Crippen LogP contribution in [0, 0.1) is 11.3 Å². The van der Waals surface area contributed by atoms with Gasteiger partial charge in [-0.3, -0.25) is 9.69 Å². The van der Waals surface area contributed by atoms with Crippen molar-refractivity contribution in [3.05, 3.63) is 107 Å². The summed E-state index contributed by atoms with van der Waals surface area (Å²) in [5, 5.41) is 4.22. The minimum absolute atomic E-state index is 0.0214. The van der Waals surface area contributed by atoms with Crippen LogP contribution in [0.15, 0.2) is 105 Å². The van der Waals surface area contributed by atoms with Crippen molar-refractivity contribution in [3.8, 4) is 11.5 Å². The maximum atomic E-state index is 14.2. The Morgan fingerprint density at radius 2 is 1.68 bits per heavy atom. The number of aromatic nitrogens is 2. The number of fused-ring (bicyclic) bond motifs is 1. The van der Waals surface area contributed by atoms with Gasteiger partial charge in [-0.2, -0.15) is 13.2 Å². The number of hydrogen-bond acceptors (Lipinski definition) is 13. The van der Waals surface area contributed by atoms with Crippen LogP contribution in [0.1, 0.15) is 74.7 Å². The van der Waals surface area contributed by atoms with E-state index in [1.54, 1.807) is 30.5 Å². The number of carbonyl (C=O) groups is 1. The van der Waals surface area contributed by atoms with Crippen LogP contribution in [0.25, 0.3) is 16.6 Å². The van der Waals surface area contributed by atoms with E-state index in [0.717, 1.165) is 51.0 Å². The Balaban J connectivity index is 0.922. The quantitative estimate of drug-likeness (QED) is 0.0955. The van der Waals surface area contributed by atoms with E-state index in [2.05, 4.69) is 55.4 Å². The average Bonchev–Trinajstić information content (AvgIpc) is 3.82. The number of sulfonamides is 1. The summed E-state index contributed by atoms with van der Waals surface area (Å²) < 4.78 is 128. The highest BCUT2D eigenvalue weighted by molar-refractivity contribution is 7.93. The number of anilines is 2. The van der Waals surface area contributed by atoms with Gasteiger partial charge in [0.25, 0.3) is 25.8 Å². The van der Waals surface area contributed by atoms with Gasteiger partial charge in [-0.15, -0.1) is 0 Å². The lowest BCUT2D eigenvalue weighted by atomic mass is 9.72. The predicted molar refractivity (Wildman–Crippen MR) is 277 cm³/mol. The summed E-state index contributed by atoms with van der Waals surface area (Å²) in [7, 11) is -13.5. The van der Waals surface area contributed by atoms with Gasteiger partial charge in [0.2, 0.25) is 0 Å². The first kappa shape index (κ1) is 52.7. The standard InChI is InChI=1S/C51H59ClF3N7O8S3/c1-50(2)17-15-37(44(30-50)35-5-7-38(52)8-6-35)33-61-19-21-62(22-20-61)40-11-13-43(46(28-40)70-41-27-36-16-18-56-48(36)58-32-41)49(63)60-73(67,68)42-12-14-45(47(29-42)72(65,66)51(53,54)55)57-31-34-3-9-39(10-4-34)59-71(64)25-23-69-24-26-71/h5-8,11-14,16,18,27-29,32,34,39,57H,3-4,9-10,15,17,19-26,30-31,33H2,1-2H3,(H,56,58)(H,60,63). The van der Waals surface area contributed by atoms with E-state index in [1.165, 1.54) is 29.0 Å². The van der Waals surface area contributed by atoms with Crippen molar-refractivity contribution >= 4 is 75.1 Å². The molecule has 0 radical (unpaired) electrons. The summed E-state index contributed by atoms with van der Waals surface area (Å²) in [4.78, 5) is 23.9. The predicted octanol–water partition coefficient (Wildman–Crippen LogP) is 9.68. The van der Waals surface area contributed by atoms with Crippen molar-refractivity contribution < 1.29 is 48.5 Å². The first-order valence-electron chi connectivity index (χ1n) is 24.4. The maximum Gasteiger partial charge on any atom is 0.501 e. The Kier molecular flexibility index (Phi) is 15.3. The number of alkyl halides is 3. The first-order chi connectivity index (χ1) is 34.6. The molecule has 0 atom stereocenters. The normalized spacial score (nSPS) is 20.9. The Morgan fingerprint density at radius 1 is 0.959 bits per heavy atom. The lowest BCUT2D eigenvalue weighted by Gasteiger charge is -2.39. The second-order valence-electron chi connectivity index (χ2n) is 20.1. The molecule has 0 bridgehead atoms. The second-order valence-corrected chi connectivity index (χ2v) is 26.7. The fraction of sp³-hybridized carbons (Fsp3) is 0.451. The molecule has 2 aliphatic heterocycles. The number of H-pyrrole nitrogens is 1. The summed E-state index contributed by atoms with van der Waals surface area (Å²) in [6.45, 7) is 9.04. The molecule has 1 amide bonds. The van der Waals surface area contributed by atoms with E-state index in [9.17, 15) is 39.0 Å². The molecule has 15 nitrogen and oxygen atoms in total. The van der Waals surface area contributed by atoms with Crippen molar-refractivity contribution in [2.75, 3.05) is 74.2 Å². The molecule has 9 rings (SSSR count). The zero-order valence-electron chi connectivity index (χ0n) is 40.5. The van der Waals surface area contributed by atoms with Crippen LogP contribution in [-0.2, 0) is 34.3 Å². The zero-order valence-corrected chi connectivity index (χ0v) is 43.8. The fourth-order valence-electron chi connectivity index (χ4n) is 10.0. The topological polar surface area (TPSA) is 192 Å². The SMILES string of the molecule is CC1(C)CCC(CN2CCN(c3ccc(C(=O)NS(=O)(=O)c4ccc(NCC5CCC(N=S6(=O)CCOCC6)CC5)c(S(=O)(=O)C(F)(F)F)c4)c(Oc4cnc5[nH]ccc5c4)c3)CC2)=C(c2ccc(Cl)cc2)C1. The van der Waals surface area contributed by atoms with Gasteiger partial charge in [-0.1, -0.05) is 43.2 Å². The van der Waals surface area contributed by atoms with Crippen LogP contribution in [0.4, 0.5) is 24.5 Å². The van der Waals surface area contributed by atoms with Crippen LogP contribution < -0.4 is 19.7 Å². The van der Waals surface area contributed by atoms with Gasteiger partial charge >= 0.3 is 5.51 Å². The second kappa shape index (κ2) is 21.2. The molecule has 5 aromatic rings. The van der Waals surface area contributed by atoms with Crippen molar-refractivity contribution in [2.45, 2.75) is 80.1 Å². The number of ether oxygens (including phenoxy) is 2. The molecule has 4 aliphatic rings. The van der Waals surface area contributed by atoms with Gasteiger partial charge in [0.05, 0.1) is 62.8 Å². The summed E-state index contributed by atoms with van der Waals surface area (Å²) in [6.07, 6.45) is 8.59. The number of piperazine rings is 1. The number of aromatic amines is 1. The lowest BCUT2D eigenvalue weighted by Crippen LogP contribution is -2.47. The number of hydrogen-bond donors (Lipinski definition) is 3. The highest BCUT2D eigenvalue weighted by Gasteiger charge is 2.48. The van der Waals surface area contributed by atoms with E-state index >= 15 is 0 Å². The molecule has 1 saturated carbocycles. The Labute approximate surface area is 429 Å². The van der Waals surface area contributed by atoms with E-state index in [0.29, 0.717) is 91.3 Å². The van der Waals surface area contributed by atoms with E-state index in [1.807, 2.05) is 16.9 Å². The third kappa shape index (κ3) is 12.3. The third-order valence-electron chi connectivity index (χ3n) is 14.3. The largest absolute Gasteiger partial charge is 0.501 e. The number of halogens is 4. The number of nitrogens with zero attached hydrogens (tertiary/aromatic N) is 4. The molecule has 2 aromatic heterocycles. The molecule has 0 unspecified atom stereocenters. The van der Waals surface area contributed by atoms with Crippen molar-refractivity contribution in [1.29, 1.82) is 0 Å². The number of allylic oxidation sites excluding steroid dienone is 1. The summed E-state index contributed by atoms with van der Waals surface area (Å²) in [6, 6.07) is 18.4. The van der Waals surface area contributed by atoms with Crippen molar-refractivity contribution in [1.82, 2.24) is 19.6 Å². The Morgan fingerprint density at radius 3 is 2.40 bits per heavy atom. The highest BCUT2D eigenvalue weighted by atomic mass is 35.5. The molecule has 2 saturated heterocycles. The number of nitrogens with one attached hydrogen (secondary N) is 3. The number of benzene rings is 3. The van der Waals surface area contributed by atoms with Gasteiger partial charge in [-0.25, -0.2) is 35.1 Å². The van der Waals surface area contributed by atoms with Gasteiger partial charge < -0.3 is 24.7 Å². The lowest BCUT2D eigenvalue weighted by molar-refractivity contribution is -0.0435. The monoisotopic (exact) mass is 1090 g/mol. The first-order valence-corrected chi connectivity index (χ1v) is 29.6. The van der Waals surface area contributed by atoms with E-state index < -0.39 is 56.5 Å². The van der Waals surface area contributed by atoms with Crippen LogP contribution in [0.2, 0.25) is 5.02 Å². The molecule has 392 valence electrons. The minimum Gasteiger partial charge on any atom is -0.455 e. The highest BCUT2D eigenvalue weighted by Crippen LogP contribution is 2.44. The van der Waals surface area contributed by atoms with Crippen LogP contribution in [0.3, 0.4) is 0 Å². The van der Waals surface area contributed by atoms with Crippen LogP contribution in [0.5, 0.6) is 11.5 Å². The Bertz CT molecular complexity index is 3240. The fourth-order valence-corrected chi connectivity index (χ4v) is 14.1. The van der Waals surface area contributed by atoms with Crippen molar-refractivity contribution in [2.24, 2.45) is 15.7 Å².